The van der Waals surface area contributed by atoms with Crippen molar-refractivity contribution in [1.29, 1.82) is 0 Å². The lowest BCUT2D eigenvalue weighted by atomic mass is 10.1. The minimum absolute atomic E-state index is 0.146. The van der Waals surface area contributed by atoms with Gasteiger partial charge >= 0.3 is 0 Å². The zero-order chi connectivity index (χ0) is 18.4. The van der Waals surface area contributed by atoms with Crippen LogP contribution < -0.4 is 19.1 Å². The fourth-order valence-corrected chi connectivity index (χ4v) is 3.40. The van der Waals surface area contributed by atoms with E-state index < -0.39 is 10.0 Å². The van der Waals surface area contributed by atoms with Crippen LogP contribution in [0.15, 0.2) is 47.4 Å². The number of sulfonamides is 1. The maximum Gasteiger partial charge on any atom is 0.240 e. The highest BCUT2D eigenvalue weighted by atomic mass is 32.2. The van der Waals surface area contributed by atoms with Crippen molar-refractivity contribution in [3.8, 4) is 11.5 Å². The number of methoxy groups -OCH3 is 2. The van der Waals surface area contributed by atoms with Gasteiger partial charge in [0.05, 0.1) is 19.1 Å². The number of nitrogens with one attached hydrogen (secondary N) is 1. The van der Waals surface area contributed by atoms with Gasteiger partial charge in [-0.15, -0.1) is 0 Å². The Bertz CT molecular complexity index is 802. The molecular formula is C18H24N2O4S. The fraction of sp³-hybridized carbons (Fsp3) is 0.333. The molecule has 0 atom stereocenters. The summed E-state index contributed by atoms with van der Waals surface area (Å²) in [5.74, 6) is 0.868. The molecule has 0 radical (unpaired) electrons. The second-order valence-corrected chi connectivity index (χ2v) is 7.49. The van der Waals surface area contributed by atoms with Gasteiger partial charge in [0.25, 0.3) is 0 Å². The van der Waals surface area contributed by atoms with E-state index in [1.165, 1.54) is 26.4 Å². The van der Waals surface area contributed by atoms with Crippen LogP contribution in [0.1, 0.15) is 5.56 Å². The standard InChI is InChI=1S/C18H24N2O4S/c1-20(2)15-7-5-14(6-8-15)11-12-19-25(21,22)16-9-10-17(23-3)18(13-16)24-4/h5-10,13,19H,11-12H2,1-4H3. The molecule has 7 heteroatoms. The molecule has 0 aliphatic heterocycles. The van der Waals surface area contributed by atoms with Crippen LogP contribution in [-0.4, -0.2) is 43.3 Å². The Morgan fingerprint density at radius 3 is 2.16 bits per heavy atom. The van der Waals surface area contributed by atoms with Crippen LogP contribution in [-0.2, 0) is 16.4 Å². The Labute approximate surface area is 149 Å². The van der Waals surface area contributed by atoms with Crippen LogP contribution in [0, 0.1) is 0 Å². The quantitative estimate of drug-likeness (QED) is 0.778. The van der Waals surface area contributed by atoms with Crippen molar-refractivity contribution in [2.24, 2.45) is 0 Å². The highest BCUT2D eigenvalue weighted by molar-refractivity contribution is 7.89. The maximum absolute atomic E-state index is 12.4. The molecule has 0 heterocycles. The summed E-state index contributed by atoms with van der Waals surface area (Å²) in [5.41, 5.74) is 2.18. The van der Waals surface area contributed by atoms with E-state index >= 15 is 0 Å². The molecule has 1 N–H and O–H groups in total. The molecule has 0 amide bonds. The number of rotatable bonds is 8. The van der Waals surface area contributed by atoms with Crippen molar-refractivity contribution in [3.63, 3.8) is 0 Å². The van der Waals surface area contributed by atoms with Gasteiger partial charge in [-0.05, 0) is 36.2 Å². The molecule has 0 saturated carbocycles. The van der Waals surface area contributed by atoms with Crippen molar-refractivity contribution < 1.29 is 17.9 Å². The minimum atomic E-state index is -3.60. The van der Waals surface area contributed by atoms with E-state index in [1.807, 2.05) is 43.3 Å². The van der Waals surface area contributed by atoms with Crippen LogP contribution >= 0.6 is 0 Å². The molecule has 0 spiro atoms. The summed E-state index contributed by atoms with van der Waals surface area (Å²) in [7, 11) is 3.33. The third-order valence-electron chi connectivity index (χ3n) is 3.82. The molecule has 6 nitrogen and oxygen atoms in total. The van der Waals surface area contributed by atoms with Crippen molar-refractivity contribution in [2.75, 3.05) is 39.8 Å². The molecule has 2 rings (SSSR count). The van der Waals surface area contributed by atoms with E-state index in [0.717, 1.165) is 11.3 Å². The lowest BCUT2D eigenvalue weighted by Crippen LogP contribution is -2.26. The Hall–Kier alpha value is -2.25. The van der Waals surface area contributed by atoms with Crippen LogP contribution in [0.3, 0.4) is 0 Å². The average Bonchev–Trinajstić information content (AvgIpc) is 2.61. The number of anilines is 1. The van der Waals surface area contributed by atoms with Gasteiger partial charge in [-0.3, -0.25) is 0 Å². The van der Waals surface area contributed by atoms with Crippen LogP contribution in [0.5, 0.6) is 11.5 Å². The Balaban J connectivity index is 2.01. The third-order valence-corrected chi connectivity index (χ3v) is 5.28. The largest absolute Gasteiger partial charge is 0.493 e. The predicted molar refractivity (Wildman–Crippen MR) is 99.2 cm³/mol. The summed E-state index contributed by atoms with van der Waals surface area (Å²) in [6.45, 7) is 0.317. The first kappa shape index (κ1) is 19.1. The van der Waals surface area contributed by atoms with Gasteiger partial charge in [0.15, 0.2) is 11.5 Å². The summed E-state index contributed by atoms with van der Waals surface area (Å²) < 4.78 is 37.7. The summed E-state index contributed by atoms with van der Waals surface area (Å²) in [5, 5.41) is 0. The summed E-state index contributed by atoms with van der Waals surface area (Å²) in [6, 6.07) is 12.5. The van der Waals surface area contributed by atoms with Gasteiger partial charge in [0.2, 0.25) is 10.0 Å². The Morgan fingerprint density at radius 1 is 0.960 bits per heavy atom. The molecule has 2 aromatic rings. The second kappa shape index (κ2) is 8.22. The van der Waals surface area contributed by atoms with E-state index in [4.69, 9.17) is 9.47 Å². The van der Waals surface area contributed by atoms with Gasteiger partial charge < -0.3 is 14.4 Å². The second-order valence-electron chi connectivity index (χ2n) is 5.73. The van der Waals surface area contributed by atoms with Gasteiger partial charge in [-0.2, -0.15) is 0 Å². The van der Waals surface area contributed by atoms with E-state index in [-0.39, 0.29) is 4.90 Å². The van der Waals surface area contributed by atoms with Crippen molar-refractivity contribution in [1.82, 2.24) is 4.72 Å². The molecule has 0 aliphatic rings. The molecule has 0 fully saturated rings. The average molecular weight is 364 g/mol. The van der Waals surface area contributed by atoms with Crippen LogP contribution in [0.4, 0.5) is 5.69 Å². The van der Waals surface area contributed by atoms with Crippen molar-refractivity contribution in [2.45, 2.75) is 11.3 Å². The Morgan fingerprint density at radius 2 is 1.60 bits per heavy atom. The van der Waals surface area contributed by atoms with Gasteiger partial charge in [0.1, 0.15) is 0 Å². The van der Waals surface area contributed by atoms with E-state index in [1.54, 1.807) is 6.07 Å². The summed E-state index contributed by atoms with van der Waals surface area (Å²) >= 11 is 0. The molecule has 2 aromatic carbocycles. The van der Waals surface area contributed by atoms with Gasteiger partial charge in [0, 0.05) is 32.4 Å². The number of hydrogen-bond acceptors (Lipinski definition) is 5. The lowest BCUT2D eigenvalue weighted by Gasteiger charge is -2.13. The number of ether oxygens (including phenoxy) is 2. The highest BCUT2D eigenvalue weighted by Gasteiger charge is 2.16. The summed E-state index contributed by atoms with van der Waals surface area (Å²) in [4.78, 5) is 2.16. The first-order chi connectivity index (χ1) is 11.9. The minimum Gasteiger partial charge on any atom is -0.493 e. The maximum atomic E-state index is 12.4. The zero-order valence-corrected chi connectivity index (χ0v) is 15.8. The molecular weight excluding hydrogens is 340 g/mol. The smallest absolute Gasteiger partial charge is 0.240 e. The first-order valence-corrected chi connectivity index (χ1v) is 9.33. The predicted octanol–water partition coefficient (Wildman–Crippen LogP) is 2.29. The normalized spacial score (nSPS) is 11.2. The van der Waals surface area contributed by atoms with Gasteiger partial charge in [-0.25, -0.2) is 13.1 Å². The molecule has 0 bridgehead atoms. The molecule has 0 saturated heterocycles. The monoisotopic (exact) mass is 364 g/mol. The van der Waals surface area contributed by atoms with Crippen molar-refractivity contribution in [3.05, 3.63) is 48.0 Å². The van der Waals surface area contributed by atoms with E-state index in [2.05, 4.69) is 4.72 Å². The third kappa shape index (κ3) is 4.87. The van der Waals surface area contributed by atoms with Crippen molar-refractivity contribution >= 4 is 15.7 Å². The summed E-state index contributed by atoms with van der Waals surface area (Å²) in [6.07, 6.45) is 0.611. The number of nitrogens with zero attached hydrogens (tertiary/aromatic N) is 1. The van der Waals surface area contributed by atoms with Crippen LogP contribution in [0.25, 0.3) is 0 Å². The molecule has 0 aliphatic carbocycles. The van der Waals surface area contributed by atoms with E-state index in [9.17, 15) is 8.42 Å². The number of hydrogen-bond donors (Lipinski definition) is 1. The molecule has 0 aromatic heterocycles. The topological polar surface area (TPSA) is 67.9 Å². The fourth-order valence-electron chi connectivity index (χ4n) is 2.36. The van der Waals surface area contributed by atoms with E-state index in [0.29, 0.717) is 24.5 Å². The Kier molecular flexibility index (Phi) is 6.27. The SMILES string of the molecule is COc1ccc(S(=O)(=O)NCCc2ccc(N(C)C)cc2)cc1OC. The zero-order valence-electron chi connectivity index (χ0n) is 14.9. The van der Waals surface area contributed by atoms with Gasteiger partial charge in [-0.1, -0.05) is 12.1 Å². The van der Waals surface area contributed by atoms with Crippen LogP contribution in [0.2, 0.25) is 0 Å². The molecule has 0 unspecified atom stereocenters. The first-order valence-electron chi connectivity index (χ1n) is 7.85. The molecule has 25 heavy (non-hydrogen) atoms. The lowest BCUT2D eigenvalue weighted by molar-refractivity contribution is 0.354. The molecule has 136 valence electrons. The number of benzene rings is 2. The highest BCUT2D eigenvalue weighted by Crippen LogP contribution is 2.29.